The molecule has 0 fully saturated rings. The number of carbonyl (C=O) groups excluding carboxylic acids is 1. The Hall–Kier alpha value is -2.90. The molecular formula is C16H13F3N4O. The summed E-state index contributed by atoms with van der Waals surface area (Å²) in [6.07, 6.45) is 0.943. The van der Waals surface area contributed by atoms with E-state index in [1.807, 2.05) is 5.32 Å². The first-order valence-electron chi connectivity index (χ1n) is 7.08. The van der Waals surface area contributed by atoms with Gasteiger partial charge in [-0.15, -0.1) is 0 Å². The Morgan fingerprint density at radius 2 is 2.08 bits per heavy atom. The molecule has 0 unspecified atom stereocenters. The minimum absolute atomic E-state index is 0.0227. The van der Waals surface area contributed by atoms with Gasteiger partial charge in [0.1, 0.15) is 0 Å². The SMILES string of the molecule is Cc1cccc([C@H](NC(=O)c2cnn3ccncc23)C(F)(F)F)c1. The van der Waals surface area contributed by atoms with Crippen LogP contribution in [0.3, 0.4) is 0 Å². The van der Waals surface area contributed by atoms with Crippen LogP contribution in [0.15, 0.2) is 49.1 Å². The molecule has 5 nitrogen and oxygen atoms in total. The van der Waals surface area contributed by atoms with Crippen molar-refractivity contribution in [2.24, 2.45) is 0 Å². The summed E-state index contributed by atoms with van der Waals surface area (Å²) in [6.45, 7) is 1.69. The van der Waals surface area contributed by atoms with Crippen LogP contribution < -0.4 is 5.32 Å². The summed E-state index contributed by atoms with van der Waals surface area (Å²) in [7, 11) is 0. The molecule has 0 bridgehead atoms. The Balaban J connectivity index is 1.94. The van der Waals surface area contributed by atoms with Crippen molar-refractivity contribution in [2.75, 3.05) is 0 Å². The van der Waals surface area contributed by atoms with E-state index in [9.17, 15) is 18.0 Å². The molecule has 0 aliphatic rings. The van der Waals surface area contributed by atoms with E-state index in [0.29, 0.717) is 11.1 Å². The molecule has 24 heavy (non-hydrogen) atoms. The third-order valence-corrected chi connectivity index (χ3v) is 3.55. The highest BCUT2D eigenvalue weighted by Crippen LogP contribution is 2.33. The summed E-state index contributed by atoms with van der Waals surface area (Å²) < 4.78 is 41.6. The van der Waals surface area contributed by atoms with Crippen LogP contribution in [0.4, 0.5) is 13.2 Å². The summed E-state index contributed by atoms with van der Waals surface area (Å²) in [6, 6.07) is 3.85. The summed E-state index contributed by atoms with van der Waals surface area (Å²) in [5.74, 6) is -0.859. The van der Waals surface area contributed by atoms with Crippen LogP contribution in [0, 0.1) is 6.92 Å². The molecule has 0 spiro atoms. The van der Waals surface area contributed by atoms with Crippen molar-refractivity contribution in [3.63, 3.8) is 0 Å². The van der Waals surface area contributed by atoms with Gasteiger partial charge in [-0.1, -0.05) is 29.8 Å². The number of amides is 1. The van der Waals surface area contributed by atoms with Gasteiger partial charge in [0.15, 0.2) is 6.04 Å². The van der Waals surface area contributed by atoms with Crippen LogP contribution in [0.1, 0.15) is 27.5 Å². The van der Waals surface area contributed by atoms with Crippen molar-refractivity contribution in [3.8, 4) is 0 Å². The van der Waals surface area contributed by atoms with E-state index in [1.165, 1.54) is 47.5 Å². The van der Waals surface area contributed by atoms with Crippen molar-refractivity contribution in [1.82, 2.24) is 19.9 Å². The molecule has 0 aliphatic carbocycles. The van der Waals surface area contributed by atoms with Crippen LogP contribution in [-0.2, 0) is 0 Å². The van der Waals surface area contributed by atoms with Crippen molar-refractivity contribution in [3.05, 3.63) is 65.7 Å². The lowest BCUT2D eigenvalue weighted by molar-refractivity contribution is -0.155. The van der Waals surface area contributed by atoms with E-state index < -0.39 is 18.1 Å². The van der Waals surface area contributed by atoms with E-state index >= 15 is 0 Å². The number of fused-ring (bicyclic) bond motifs is 1. The maximum absolute atomic E-state index is 13.4. The topological polar surface area (TPSA) is 59.3 Å². The zero-order valence-electron chi connectivity index (χ0n) is 12.6. The summed E-state index contributed by atoms with van der Waals surface area (Å²) in [5, 5.41) is 5.98. The first kappa shape index (κ1) is 16.0. The highest BCUT2D eigenvalue weighted by molar-refractivity contribution is 6.00. The fraction of sp³-hybridized carbons (Fsp3) is 0.188. The van der Waals surface area contributed by atoms with Crippen LogP contribution in [0.25, 0.3) is 5.52 Å². The molecule has 0 radical (unpaired) electrons. The molecule has 1 amide bonds. The van der Waals surface area contributed by atoms with Gasteiger partial charge in [-0.25, -0.2) is 4.52 Å². The second-order valence-corrected chi connectivity index (χ2v) is 5.33. The lowest BCUT2D eigenvalue weighted by Crippen LogP contribution is -2.38. The number of hydrogen-bond donors (Lipinski definition) is 1. The monoisotopic (exact) mass is 334 g/mol. The number of rotatable bonds is 3. The van der Waals surface area contributed by atoms with Gasteiger partial charge in [0.05, 0.1) is 23.5 Å². The maximum atomic E-state index is 13.4. The largest absolute Gasteiger partial charge is 0.412 e. The highest BCUT2D eigenvalue weighted by atomic mass is 19.4. The predicted molar refractivity (Wildman–Crippen MR) is 80.4 cm³/mol. The fourth-order valence-corrected chi connectivity index (χ4v) is 2.42. The maximum Gasteiger partial charge on any atom is 0.412 e. The number of nitrogens with one attached hydrogen (secondary N) is 1. The molecule has 1 atom stereocenters. The number of benzene rings is 1. The van der Waals surface area contributed by atoms with Crippen molar-refractivity contribution in [1.29, 1.82) is 0 Å². The van der Waals surface area contributed by atoms with Crippen molar-refractivity contribution < 1.29 is 18.0 Å². The number of nitrogens with zero attached hydrogens (tertiary/aromatic N) is 3. The van der Waals surface area contributed by atoms with Gasteiger partial charge >= 0.3 is 6.18 Å². The number of hydrogen-bond acceptors (Lipinski definition) is 3. The average Bonchev–Trinajstić information content (AvgIpc) is 2.95. The van der Waals surface area contributed by atoms with Crippen LogP contribution in [0.5, 0.6) is 0 Å². The van der Waals surface area contributed by atoms with Crippen LogP contribution in [0.2, 0.25) is 0 Å². The van der Waals surface area contributed by atoms with Crippen LogP contribution in [-0.4, -0.2) is 26.7 Å². The van der Waals surface area contributed by atoms with Crippen LogP contribution >= 0.6 is 0 Å². The van der Waals surface area contributed by atoms with Crippen molar-refractivity contribution in [2.45, 2.75) is 19.1 Å². The number of aromatic nitrogens is 3. The molecule has 0 saturated carbocycles. The number of aryl methyl sites for hydroxylation is 1. The molecule has 124 valence electrons. The Kier molecular flexibility index (Phi) is 3.96. The highest BCUT2D eigenvalue weighted by Gasteiger charge is 2.42. The van der Waals surface area contributed by atoms with E-state index in [-0.39, 0.29) is 11.1 Å². The van der Waals surface area contributed by atoms with Gasteiger partial charge in [0, 0.05) is 12.4 Å². The molecule has 2 aromatic heterocycles. The molecule has 3 aromatic rings. The quantitative estimate of drug-likeness (QED) is 0.801. The Labute approximate surface area is 135 Å². The second kappa shape index (κ2) is 5.95. The number of alkyl halides is 3. The molecule has 2 heterocycles. The third-order valence-electron chi connectivity index (χ3n) is 3.55. The minimum Gasteiger partial charge on any atom is -0.337 e. The fourth-order valence-electron chi connectivity index (χ4n) is 2.42. The second-order valence-electron chi connectivity index (χ2n) is 5.33. The van der Waals surface area contributed by atoms with Gasteiger partial charge in [-0.05, 0) is 12.5 Å². The molecule has 0 saturated heterocycles. The normalized spacial score (nSPS) is 13.0. The van der Waals surface area contributed by atoms with Gasteiger partial charge in [0.25, 0.3) is 5.91 Å². The molecule has 1 aromatic carbocycles. The first-order valence-corrected chi connectivity index (χ1v) is 7.08. The van der Waals surface area contributed by atoms with Crippen molar-refractivity contribution >= 4 is 11.4 Å². The number of halogens is 3. The minimum atomic E-state index is -4.62. The van der Waals surface area contributed by atoms with Gasteiger partial charge < -0.3 is 5.32 Å². The number of carbonyl (C=O) groups is 1. The lowest BCUT2D eigenvalue weighted by atomic mass is 10.0. The third kappa shape index (κ3) is 3.08. The Morgan fingerprint density at radius 3 is 2.79 bits per heavy atom. The van der Waals surface area contributed by atoms with E-state index in [0.717, 1.165) is 0 Å². The zero-order chi connectivity index (χ0) is 17.3. The summed E-state index contributed by atoms with van der Waals surface area (Å²) in [4.78, 5) is 16.2. The standard InChI is InChI=1S/C16H13F3N4O/c1-10-3-2-4-11(7-10)14(16(17,18)19)22-15(24)12-8-21-23-6-5-20-9-13(12)23/h2-9,14H,1H3,(H,22,24)/t14-/m0/s1. The smallest absolute Gasteiger partial charge is 0.337 e. The first-order chi connectivity index (χ1) is 11.4. The van der Waals surface area contributed by atoms with E-state index in [4.69, 9.17) is 0 Å². The molecule has 3 rings (SSSR count). The zero-order valence-corrected chi connectivity index (χ0v) is 12.6. The molecule has 0 aliphatic heterocycles. The van der Waals surface area contributed by atoms with Gasteiger partial charge in [-0.3, -0.25) is 9.78 Å². The predicted octanol–water partition coefficient (Wildman–Crippen LogP) is 3.07. The molecular weight excluding hydrogens is 321 g/mol. The Bertz CT molecular complexity index is 888. The van der Waals surface area contributed by atoms with E-state index in [1.54, 1.807) is 13.0 Å². The summed E-state index contributed by atoms with van der Waals surface area (Å²) in [5.41, 5.74) is 1.02. The van der Waals surface area contributed by atoms with Gasteiger partial charge in [0.2, 0.25) is 0 Å². The molecule has 1 N–H and O–H groups in total. The average molecular weight is 334 g/mol. The van der Waals surface area contributed by atoms with E-state index in [2.05, 4.69) is 10.1 Å². The Morgan fingerprint density at radius 1 is 1.29 bits per heavy atom. The summed E-state index contributed by atoms with van der Waals surface area (Å²) >= 11 is 0. The van der Waals surface area contributed by atoms with Gasteiger partial charge in [-0.2, -0.15) is 18.3 Å². The lowest BCUT2D eigenvalue weighted by Gasteiger charge is -2.22. The molecule has 8 heteroatoms.